The van der Waals surface area contributed by atoms with Crippen molar-refractivity contribution in [2.75, 3.05) is 13.2 Å². The van der Waals surface area contributed by atoms with Crippen molar-refractivity contribution in [2.45, 2.75) is 347 Å². The molecule has 0 heterocycles. The average Bonchev–Trinajstić information content (AvgIpc) is 3.32. The van der Waals surface area contributed by atoms with Gasteiger partial charge >= 0.3 is 5.97 Å². The van der Waals surface area contributed by atoms with Crippen LogP contribution < -0.4 is 5.32 Å². The molecule has 0 aliphatic rings. The average molecular weight is 933 g/mol. The van der Waals surface area contributed by atoms with Gasteiger partial charge < -0.3 is 20.3 Å². The van der Waals surface area contributed by atoms with Crippen molar-refractivity contribution in [3.63, 3.8) is 0 Å². The topological polar surface area (TPSA) is 95.9 Å². The van der Waals surface area contributed by atoms with Gasteiger partial charge in [-0.3, -0.25) is 9.59 Å². The molecule has 0 fully saturated rings. The highest BCUT2D eigenvalue weighted by Crippen LogP contribution is 2.18. The van der Waals surface area contributed by atoms with Crippen molar-refractivity contribution in [1.29, 1.82) is 0 Å². The highest BCUT2D eigenvalue weighted by molar-refractivity contribution is 5.76. The Morgan fingerprint density at radius 2 is 0.712 bits per heavy atom. The summed E-state index contributed by atoms with van der Waals surface area (Å²) in [5.74, 6) is -0.0242. The number of esters is 1. The number of carbonyl (C=O) groups excluding carboxylic acids is 2. The number of allylic oxidation sites excluding steroid dienone is 2. The molecule has 0 saturated heterocycles. The lowest BCUT2D eigenvalue weighted by Gasteiger charge is -2.22. The summed E-state index contributed by atoms with van der Waals surface area (Å²) in [6, 6.07) is -0.538. The summed E-state index contributed by atoms with van der Waals surface area (Å²) in [5, 5.41) is 23.1. The molecule has 0 aliphatic carbocycles. The summed E-state index contributed by atoms with van der Waals surface area (Å²) in [6.07, 6.45) is 66.5. The summed E-state index contributed by atoms with van der Waals surface area (Å²) in [5.41, 5.74) is 0. The SMILES string of the molecule is CCCCCCCC/C=C\CCCCCCCCCC(=O)OCCCCCCCCCCCCCCCCCCCCCCCCCC(=O)NC(CO)C(O)CCCCCCCCCCC. The Kier molecular flexibility index (Phi) is 55.0. The second-order valence-electron chi connectivity index (χ2n) is 20.7. The number of aliphatic hydroxyl groups excluding tert-OH is 2. The molecule has 2 unspecified atom stereocenters. The first kappa shape index (κ1) is 64.6. The fourth-order valence-electron chi connectivity index (χ4n) is 9.46. The van der Waals surface area contributed by atoms with Crippen LogP contribution >= 0.6 is 0 Å². The lowest BCUT2D eigenvalue weighted by Crippen LogP contribution is -2.45. The minimum absolute atomic E-state index is 0.0114. The van der Waals surface area contributed by atoms with Crippen LogP contribution in [0.25, 0.3) is 0 Å². The maximum absolute atomic E-state index is 12.4. The Balaban J connectivity index is 3.32. The lowest BCUT2D eigenvalue weighted by molar-refractivity contribution is -0.143. The Labute approximate surface area is 412 Å². The van der Waals surface area contributed by atoms with Gasteiger partial charge in [0.25, 0.3) is 0 Å². The molecule has 0 aromatic heterocycles. The third kappa shape index (κ3) is 52.0. The second-order valence-corrected chi connectivity index (χ2v) is 20.7. The number of hydrogen-bond donors (Lipinski definition) is 3. The Bertz CT molecular complexity index is 986. The van der Waals surface area contributed by atoms with Crippen LogP contribution in [0.3, 0.4) is 0 Å². The number of ether oxygens (including phenoxy) is 1. The van der Waals surface area contributed by atoms with Gasteiger partial charge in [-0.05, 0) is 51.4 Å². The molecule has 1 amide bonds. The number of unbranched alkanes of at least 4 members (excludes halogenated alkanes) is 43. The van der Waals surface area contributed by atoms with E-state index >= 15 is 0 Å². The van der Waals surface area contributed by atoms with Gasteiger partial charge in [0, 0.05) is 12.8 Å². The van der Waals surface area contributed by atoms with E-state index in [4.69, 9.17) is 4.74 Å². The number of aliphatic hydroxyl groups is 2. The van der Waals surface area contributed by atoms with E-state index in [0.717, 1.165) is 44.9 Å². The number of amides is 1. The zero-order chi connectivity index (χ0) is 47.9. The van der Waals surface area contributed by atoms with Crippen LogP contribution in [0.5, 0.6) is 0 Å². The highest BCUT2D eigenvalue weighted by Gasteiger charge is 2.20. The predicted molar refractivity (Wildman–Crippen MR) is 287 cm³/mol. The molecule has 0 aromatic rings. The molecular weight excluding hydrogens is 815 g/mol. The van der Waals surface area contributed by atoms with Crippen molar-refractivity contribution in [2.24, 2.45) is 0 Å². The van der Waals surface area contributed by atoms with Gasteiger partial charge in [-0.25, -0.2) is 0 Å². The molecule has 392 valence electrons. The Morgan fingerprint density at radius 1 is 0.409 bits per heavy atom. The zero-order valence-corrected chi connectivity index (χ0v) is 44.7. The van der Waals surface area contributed by atoms with Crippen molar-refractivity contribution in [3.05, 3.63) is 12.2 Å². The third-order valence-electron chi connectivity index (χ3n) is 14.1. The first-order chi connectivity index (χ1) is 32.5. The molecule has 0 radical (unpaired) electrons. The fraction of sp³-hybridized carbons (Fsp3) is 0.933. The molecule has 6 nitrogen and oxygen atoms in total. The second kappa shape index (κ2) is 56.2. The molecule has 0 bridgehead atoms. The predicted octanol–water partition coefficient (Wildman–Crippen LogP) is 18.5. The molecule has 0 aromatic carbocycles. The third-order valence-corrected chi connectivity index (χ3v) is 14.1. The van der Waals surface area contributed by atoms with E-state index in [1.165, 1.54) is 257 Å². The van der Waals surface area contributed by atoms with Crippen LogP contribution in [0.15, 0.2) is 12.2 Å². The zero-order valence-electron chi connectivity index (χ0n) is 44.7. The number of rotatable bonds is 56. The van der Waals surface area contributed by atoms with Gasteiger partial charge in [0.05, 0.1) is 25.4 Å². The van der Waals surface area contributed by atoms with Crippen molar-refractivity contribution < 1.29 is 24.5 Å². The molecule has 0 aliphatic heterocycles. The van der Waals surface area contributed by atoms with E-state index in [2.05, 4.69) is 31.3 Å². The fourth-order valence-corrected chi connectivity index (χ4v) is 9.46. The number of nitrogens with one attached hydrogen (secondary N) is 1. The monoisotopic (exact) mass is 932 g/mol. The van der Waals surface area contributed by atoms with E-state index in [1.54, 1.807) is 0 Å². The molecular formula is C60H117NO5. The summed E-state index contributed by atoms with van der Waals surface area (Å²) < 4.78 is 5.49. The molecule has 0 rings (SSSR count). The van der Waals surface area contributed by atoms with Crippen molar-refractivity contribution in [3.8, 4) is 0 Å². The van der Waals surface area contributed by atoms with Crippen LogP contribution in [-0.4, -0.2) is 47.4 Å². The molecule has 3 N–H and O–H groups in total. The summed E-state index contributed by atoms with van der Waals surface area (Å²) >= 11 is 0. The van der Waals surface area contributed by atoms with E-state index in [0.29, 0.717) is 25.9 Å². The van der Waals surface area contributed by atoms with Gasteiger partial charge in [-0.2, -0.15) is 0 Å². The molecule has 0 spiro atoms. The molecule has 6 heteroatoms. The van der Waals surface area contributed by atoms with Crippen LogP contribution in [0.4, 0.5) is 0 Å². The minimum atomic E-state index is -0.661. The van der Waals surface area contributed by atoms with E-state index in [-0.39, 0.29) is 18.5 Å². The van der Waals surface area contributed by atoms with E-state index < -0.39 is 12.1 Å². The summed E-state index contributed by atoms with van der Waals surface area (Å²) in [4.78, 5) is 24.5. The molecule has 2 atom stereocenters. The van der Waals surface area contributed by atoms with Gasteiger partial charge in [-0.1, -0.05) is 283 Å². The maximum Gasteiger partial charge on any atom is 0.305 e. The van der Waals surface area contributed by atoms with Crippen LogP contribution in [0.1, 0.15) is 335 Å². The Morgan fingerprint density at radius 3 is 1.08 bits per heavy atom. The normalized spacial score (nSPS) is 12.6. The molecule has 66 heavy (non-hydrogen) atoms. The van der Waals surface area contributed by atoms with Crippen LogP contribution in [0, 0.1) is 0 Å². The molecule has 0 saturated carbocycles. The first-order valence-electron chi connectivity index (χ1n) is 29.9. The van der Waals surface area contributed by atoms with E-state index in [9.17, 15) is 19.8 Å². The summed E-state index contributed by atoms with van der Waals surface area (Å²) in [6.45, 7) is 4.94. The number of carbonyl (C=O) groups is 2. The first-order valence-corrected chi connectivity index (χ1v) is 29.9. The highest BCUT2D eigenvalue weighted by atomic mass is 16.5. The van der Waals surface area contributed by atoms with Gasteiger partial charge in [0.15, 0.2) is 0 Å². The smallest absolute Gasteiger partial charge is 0.305 e. The Hall–Kier alpha value is -1.40. The van der Waals surface area contributed by atoms with Gasteiger partial charge in [-0.15, -0.1) is 0 Å². The van der Waals surface area contributed by atoms with Crippen molar-refractivity contribution in [1.82, 2.24) is 5.32 Å². The van der Waals surface area contributed by atoms with Gasteiger partial charge in [0.2, 0.25) is 5.91 Å². The number of hydrogen-bond acceptors (Lipinski definition) is 5. The van der Waals surface area contributed by atoms with Gasteiger partial charge in [0.1, 0.15) is 0 Å². The van der Waals surface area contributed by atoms with E-state index in [1.807, 2.05) is 0 Å². The maximum atomic E-state index is 12.4. The quantitative estimate of drug-likeness (QED) is 0.0321. The van der Waals surface area contributed by atoms with Crippen molar-refractivity contribution >= 4 is 11.9 Å². The lowest BCUT2D eigenvalue weighted by atomic mass is 10.0. The summed E-state index contributed by atoms with van der Waals surface area (Å²) in [7, 11) is 0. The van der Waals surface area contributed by atoms with Crippen LogP contribution in [0.2, 0.25) is 0 Å². The standard InChI is InChI=1S/C60H117NO5/c1-3-5-7-9-11-13-14-15-16-24-28-31-34-38-42-46-50-54-60(65)66-55-51-47-43-39-35-32-29-26-23-21-19-17-18-20-22-25-27-30-33-37-41-45-49-53-59(64)61-57(56-62)58(63)52-48-44-40-36-12-10-8-6-4-2/h15-16,57-58,62-63H,3-14,17-56H2,1-2H3,(H,61,64)/b16-15-. The largest absolute Gasteiger partial charge is 0.466 e. The minimum Gasteiger partial charge on any atom is -0.466 e. The van der Waals surface area contributed by atoms with Crippen LogP contribution in [-0.2, 0) is 14.3 Å².